The Morgan fingerprint density at radius 1 is 1.38 bits per heavy atom. The number of ether oxygens (including phenoxy) is 2. The largest absolute Gasteiger partial charge is 0.491 e. The number of carbonyl (C=O) groups is 1. The molecule has 24 heavy (non-hydrogen) atoms. The first-order valence-electron chi connectivity index (χ1n) is 8.38. The van der Waals surface area contributed by atoms with E-state index in [1.54, 1.807) is 18.1 Å². The molecule has 0 unspecified atom stereocenters. The maximum Gasteiger partial charge on any atom is 0.222 e. The minimum atomic E-state index is -0.717. The zero-order chi connectivity index (χ0) is 17.8. The summed E-state index contributed by atoms with van der Waals surface area (Å²) in [5.74, 6) is 0.732. The Kier molecular flexibility index (Phi) is 9.80. The van der Waals surface area contributed by atoms with Crippen LogP contribution in [0.15, 0.2) is 36.9 Å². The van der Waals surface area contributed by atoms with Crippen LogP contribution in [0.3, 0.4) is 0 Å². The number of aliphatic hydroxyl groups is 1. The second kappa shape index (κ2) is 11.6. The predicted octanol–water partition coefficient (Wildman–Crippen LogP) is 2.43. The highest BCUT2D eigenvalue weighted by Gasteiger charge is 2.16. The molecule has 5 nitrogen and oxygen atoms in total. The highest BCUT2D eigenvalue weighted by Crippen LogP contribution is 2.13. The van der Waals surface area contributed by atoms with E-state index in [4.69, 9.17) is 9.47 Å². The van der Waals surface area contributed by atoms with Gasteiger partial charge in [0.05, 0.1) is 6.61 Å². The fraction of sp³-hybridized carbons (Fsp3) is 0.526. The minimum Gasteiger partial charge on any atom is -0.491 e. The van der Waals surface area contributed by atoms with Gasteiger partial charge in [-0.2, -0.15) is 0 Å². The third-order valence-corrected chi connectivity index (χ3v) is 3.69. The lowest BCUT2D eigenvalue weighted by atomic mass is 10.1. The molecule has 1 N–H and O–H groups in total. The maximum atomic E-state index is 12.0. The van der Waals surface area contributed by atoms with Gasteiger partial charge in [-0.1, -0.05) is 18.2 Å². The summed E-state index contributed by atoms with van der Waals surface area (Å²) >= 11 is 0. The number of amides is 1. The topological polar surface area (TPSA) is 59.0 Å². The molecule has 1 amide bonds. The molecule has 0 aliphatic carbocycles. The summed E-state index contributed by atoms with van der Waals surface area (Å²) < 4.78 is 10.6. The molecule has 1 atom stereocenters. The third-order valence-electron chi connectivity index (χ3n) is 3.69. The summed E-state index contributed by atoms with van der Waals surface area (Å²) in [6.45, 7) is 7.21. The Morgan fingerprint density at radius 3 is 2.67 bits per heavy atom. The van der Waals surface area contributed by atoms with E-state index in [-0.39, 0.29) is 19.1 Å². The van der Waals surface area contributed by atoms with Gasteiger partial charge >= 0.3 is 0 Å². The van der Waals surface area contributed by atoms with Crippen LogP contribution in [0.1, 0.15) is 25.3 Å². The molecule has 0 radical (unpaired) electrons. The Balaban J connectivity index is 2.39. The number of benzene rings is 1. The van der Waals surface area contributed by atoms with E-state index >= 15 is 0 Å². The normalized spacial score (nSPS) is 11.8. The first kappa shape index (κ1) is 20.2. The number of hydrogen-bond donors (Lipinski definition) is 1. The number of aliphatic hydroxyl groups excluding tert-OH is 1. The summed E-state index contributed by atoms with van der Waals surface area (Å²) in [7, 11) is 1.68. The molecular formula is C19H29NO4. The van der Waals surface area contributed by atoms with Gasteiger partial charge in [-0.15, -0.1) is 6.58 Å². The van der Waals surface area contributed by atoms with Crippen LogP contribution in [-0.2, 0) is 16.0 Å². The van der Waals surface area contributed by atoms with Crippen LogP contribution < -0.4 is 4.74 Å². The quantitative estimate of drug-likeness (QED) is 0.596. The number of hydrogen-bond acceptors (Lipinski definition) is 4. The van der Waals surface area contributed by atoms with Gasteiger partial charge in [-0.25, -0.2) is 0 Å². The molecule has 1 aromatic carbocycles. The Bertz CT molecular complexity index is 487. The second-order valence-electron chi connectivity index (χ2n) is 5.61. The summed E-state index contributed by atoms with van der Waals surface area (Å²) in [6.07, 6.45) is 2.94. The zero-order valence-electron chi connectivity index (χ0n) is 14.7. The molecule has 0 fully saturated rings. The smallest absolute Gasteiger partial charge is 0.222 e. The first-order valence-corrected chi connectivity index (χ1v) is 8.38. The van der Waals surface area contributed by atoms with Crippen molar-refractivity contribution >= 4 is 5.91 Å². The van der Waals surface area contributed by atoms with Gasteiger partial charge in [-0.05, 0) is 37.5 Å². The van der Waals surface area contributed by atoms with Crippen molar-refractivity contribution in [3.63, 3.8) is 0 Å². The van der Waals surface area contributed by atoms with Crippen molar-refractivity contribution in [1.82, 2.24) is 4.90 Å². The molecule has 134 valence electrons. The lowest BCUT2D eigenvalue weighted by Crippen LogP contribution is -2.39. The molecule has 0 heterocycles. The molecular weight excluding hydrogens is 306 g/mol. The molecule has 0 spiro atoms. The van der Waals surface area contributed by atoms with E-state index in [0.29, 0.717) is 31.7 Å². The number of likely N-dealkylation sites (N-methyl/N-ethyl adjacent to an activating group) is 1. The van der Waals surface area contributed by atoms with E-state index in [9.17, 15) is 9.90 Å². The van der Waals surface area contributed by atoms with Crippen LogP contribution in [-0.4, -0.2) is 55.4 Å². The summed E-state index contributed by atoms with van der Waals surface area (Å²) in [6, 6.07) is 7.73. The number of allylic oxidation sites excluding steroid dienone is 1. The molecule has 1 aromatic rings. The lowest BCUT2D eigenvalue weighted by Gasteiger charge is -2.24. The van der Waals surface area contributed by atoms with Gasteiger partial charge < -0.3 is 19.5 Å². The zero-order valence-corrected chi connectivity index (χ0v) is 14.7. The Morgan fingerprint density at radius 2 is 2.08 bits per heavy atom. The first-order chi connectivity index (χ1) is 11.6. The minimum absolute atomic E-state index is 0.0268. The number of rotatable bonds is 12. The number of methoxy groups -OCH3 is 1. The molecule has 0 saturated heterocycles. The van der Waals surface area contributed by atoms with Gasteiger partial charge in [0.2, 0.25) is 5.91 Å². The van der Waals surface area contributed by atoms with Crippen molar-refractivity contribution in [2.75, 3.05) is 33.4 Å². The van der Waals surface area contributed by atoms with E-state index in [1.165, 1.54) is 5.56 Å². The Labute approximate surface area is 144 Å². The van der Waals surface area contributed by atoms with Crippen LogP contribution in [0.25, 0.3) is 0 Å². The van der Waals surface area contributed by atoms with Crippen LogP contribution in [0.4, 0.5) is 0 Å². The molecule has 5 heteroatoms. The third kappa shape index (κ3) is 7.62. The van der Waals surface area contributed by atoms with Crippen LogP contribution in [0.5, 0.6) is 5.75 Å². The van der Waals surface area contributed by atoms with Crippen LogP contribution in [0, 0.1) is 0 Å². The lowest BCUT2D eigenvalue weighted by molar-refractivity contribution is -0.132. The van der Waals surface area contributed by atoms with E-state index in [0.717, 1.165) is 6.42 Å². The van der Waals surface area contributed by atoms with Crippen molar-refractivity contribution in [2.45, 2.75) is 32.3 Å². The standard InChI is InChI=1S/C19H29NO4/c1-4-6-7-19(22)20(5-2)14-17(21)15-24-18-10-8-16(9-11-18)12-13-23-3/h4,8-11,17,21H,1,5-7,12-15H2,2-3H3/t17-/m0/s1. The van der Waals surface area contributed by atoms with Crippen LogP contribution >= 0.6 is 0 Å². The molecule has 1 rings (SSSR count). The Hall–Kier alpha value is -1.85. The highest BCUT2D eigenvalue weighted by molar-refractivity contribution is 5.76. The average molecular weight is 335 g/mol. The molecule has 0 saturated carbocycles. The fourth-order valence-corrected chi connectivity index (χ4v) is 2.26. The molecule has 0 aliphatic rings. The summed E-state index contributed by atoms with van der Waals surface area (Å²) in [4.78, 5) is 13.6. The van der Waals surface area contributed by atoms with Crippen molar-refractivity contribution in [2.24, 2.45) is 0 Å². The van der Waals surface area contributed by atoms with Gasteiger partial charge in [0, 0.05) is 26.6 Å². The van der Waals surface area contributed by atoms with Gasteiger partial charge in [0.15, 0.2) is 0 Å². The second-order valence-corrected chi connectivity index (χ2v) is 5.61. The molecule has 0 bridgehead atoms. The van der Waals surface area contributed by atoms with Crippen LogP contribution in [0.2, 0.25) is 0 Å². The van der Waals surface area contributed by atoms with Crippen molar-refractivity contribution < 1.29 is 19.4 Å². The highest BCUT2D eigenvalue weighted by atomic mass is 16.5. The van der Waals surface area contributed by atoms with E-state index < -0.39 is 6.10 Å². The predicted molar refractivity (Wildman–Crippen MR) is 95.2 cm³/mol. The number of carbonyl (C=O) groups excluding carboxylic acids is 1. The van der Waals surface area contributed by atoms with Gasteiger partial charge in [-0.3, -0.25) is 4.79 Å². The van der Waals surface area contributed by atoms with E-state index in [1.807, 2.05) is 31.2 Å². The number of nitrogens with zero attached hydrogens (tertiary/aromatic N) is 1. The SMILES string of the molecule is C=CCCC(=O)N(CC)C[C@H](O)COc1ccc(CCOC)cc1. The van der Waals surface area contributed by atoms with E-state index in [2.05, 4.69) is 6.58 Å². The summed E-state index contributed by atoms with van der Waals surface area (Å²) in [5.41, 5.74) is 1.18. The average Bonchev–Trinajstić information content (AvgIpc) is 2.61. The molecule has 0 aliphatic heterocycles. The monoisotopic (exact) mass is 335 g/mol. The molecule has 0 aromatic heterocycles. The van der Waals surface area contributed by atoms with Crippen molar-refractivity contribution in [3.8, 4) is 5.75 Å². The summed E-state index contributed by atoms with van der Waals surface area (Å²) in [5, 5.41) is 10.1. The van der Waals surface area contributed by atoms with Gasteiger partial charge in [0.25, 0.3) is 0 Å². The van der Waals surface area contributed by atoms with Crippen molar-refractivity contribution in [3.05, 3.63) is 42.5 Å². The van der Waals surface area contributed by atoms with Crippen molar-refractivity contribution in [1.29, 1.82) is 0 Å². The van der Waals surface area contributed by atoms with Gasteiger partial charge in [0.1, 0.15) is 18.5 Å². The fourth-order valence-electron chi connectivity index (χ4n) is 2.26. The maximum absolute atomic E-state index is 12.0.